The van der Waals surface area contributed by atoms with Gasteiger partial charge in [-0.15, -0.1) is 0 Å². The number of hydrogen-bond acceptors (Lipinski definition) is 9. The first-order valence-corrected chi connectivity index (χ1v) is 13.8. The van der Waals surface area contributed by atoms with E-state index in [9.17, 15) is 14.7 Å². The summed E-state index contributed by atoms with van der Waals surface area (Å²) >= 11 is 1.27. The Hall–Kier alpha value is -4.44. The predicted molar refractivity (Wildman–Crippen MR) is 153 cm³/mol. The lowest BCUT2D eigenvalue weighted by molar-refractivity contribution is -0.132. The Labute approximate surface area is 235 Å². The fourth-order valence-corrected chi connectivity index (χ4v) is 5.58. The lowest BCUT2D eigenvalue weighted by Gasteiger charge is -2.24. The summed E-state index contributed by atoms with van der Waals surface area (Å²) in [4.78, 5) is 37.1. The quantitative estimate of drug-likeness (QED) is 0.111. The van der Waals surface area contributed by atoms with Crippen molar-refractivity contribution in [2.24, 2.45) is 0 Å². The van der Waals surface area contributed by atoms with Crippen molar-refractivity contribution in [1.29, 1.82) is 0 Å². The van der Waals surface area contributed by atoms with Crippen molar-refractivity contribution in [3.05, 3.63) is 77.6 Å². The predicted octanol–water partition coefficient (Wildman–Crippen LogP) is 5.90. The normalized spacial score (nSPS) is 16.5. The third-order valence-corrected chi connectivity index (χ3v) is 7.54. The highest BCUT2D eigenvalue weighted by Gasteiger charge is 2.48. The van der Waals surface area contributed by atoms with Crippen LogP contribution in [0, 0.1) is 0 Å². The third-order valence-electron chi connectivity index (χ3n) is 6.52. The van der Waals surface area contributed by atoms with Gasteiger partial charge in [0.1, 0.15) is 11.5 Å². The van der Waals surface area contributed by atoms with Gasteiger partial charge in [0.15, 0.2) is 16.6 Å². The second kappa shape index (κ2) is 11.7. The number of anilines is 1. The van der Waals surface area contributed by atoms with E-state index < -0.39 is 17.7 Å². The van der Waals surface area contributed by atoms with E-state index in [1.54, 1.807) is 30.3 Å². The van der Waals surface area contributed by atoms with Crippen LogP contribution in [0.25, 0.3) is 16.0 Å². The van der Waals surface area contributed by atoms with Crippen molar-refractivity contribution in [3.63, 3.8) is 0 Å². The minimum absolute atomic E-state index is 0.0489. The number of thiazole rings is 1. The maximum atomic E-state index is 13.6. The average Bonchev–Trinajstić information content (AvgIpc) is 3.51. The molecule has 1 amide bonds. The number of benzene rings is 2. The summed E-state index contributed by atoms with van der Waals surface area (Å²) in [6.07, 6.45) is 4.89. The number of carbonyl (C=O) groups is 2. The molecule has 0 radical (unpaired) electrons. The number of pyridine rings is 1. The molecule has 1 fully saturated rings. The number of aliphatic hydroxyl groups excluding tert-OH is 1. The monoisotopic (exact) mass is 559 g/mol. The number of unbranched alkanes of at least 4 members (excludes halogenated alkanes) is 1. The molecule has 5 rings (SSSR count). The van der Waals surface area contributed by atoms with Gasteiger partial charge in [-0.1, -0.05) is 30.7 Å². The van der Waals surface area contributed by atoms with Gasteiger partial charge in [0, 0.05) is 18.0 Å². The molecule has 1 atom stereocenters. The number of aromatic nitrogens is 2. The Kier molecular flexibility index (Phi) is 7.97. The molecule has 0 spiro atoms. The zero-order chi connectivity index (χ0) is 28.2. The van der Waals surface area contributed by atoms with Crippen LogP contribution in [-0.2, 0) is 9.59 Å². The number of Topliss-reactive ketones (excluding diaryl/α,β-unsaturated/α-hetero) is 1. The Morgan fingerprint density at radius 3 is 2.55 bits per heavy atom. The second-order valence-corrected chi connectivity index (χ2v) is 10.1. The molecular formula is C30H29N3O6S. The van der Waals surface area contributed by atoms with Crippen LogP contribution in [0.1, 0.15) is 43.9 Å². The summed E-state index contributed by atoms with van der Waals surface area (Å²) < 4.78 is 17.9. The number of methoxy groups -OCH3 is 1. The Morgan fingerprint density at radius 2 is 1.82 bits per heavy atom. The number of nitrogens with zero attached hydrogens (tertiary/aromatic N) is 3. The van der Waals surface area contributed by atoms with Gasteiger partial charge in [-0.05, 0) is 61.4 Å². The van der Waals surface area contributed by atoms with E-state index in [4.69, 9.17) is 14.2 Å². The van der Waals surface area contributed by atoms with Gasteiger partial charge in [0.2, 0.25) is 0 Å². The van der Waals surface area contributed by atoms with E-state index in [1.165, 1.54) is 35.7 Å². The topological polar surface area (TPSA) is 111 Å². The van der Waals surface area contributed by atoms with Gasteiger partial charge in [0.05, 0.1) is 42.2 Å². The molecule has 1 aliphatic heterocycles. The number of rotatable bonds is 10. The van der Waals surface area contributed by atoms with Crippen molar-refractivity contribution in [2.75, 3.05) is 25.2 Å². The number of fused-ring (bicyclic) bond motifs is 1. The van der Waals surface area contributed by atoms with Gasteiger partial charge >= 0.3 is 5.91 Å². The molecular weight excluding hydrogens is 530 g/mol. The molecule has 1 N–H and O–H groups in total. The summed E-state index contributed by atoms with van der Waals surface area (Å²) in [5.41, 5.74) is 1.54. The molecule has 3 heterocycles. The molecule has 0 aliphatic carbocycles. The summed E-state index contributed by atoms with van der Waals surface area (Å²) in [5.74, 6) is -0.203. The number of ether oxygens (including phenoxy) is 3. The van der Waals surface area contributed by atoms with Gasteiger partial charge < -0.3 is 19.3 Å². The first-order chi connectivity index (χ1) is 19.5. The van der Waals surface area contributed by atoms with Crippen LogP contribution in [0.4, 0.5) is 5.13 Å². The minimum atomic E-state index is -0.960. The van der Waals surface area contributed by atoms with Crippen molar-refractivity contribution in [1.82, 2.24) is 9.97 Å². The molecule has 206 valence electrons. The maximum Gasteiger partial charge on any atom is 0.301 e. The number of aliphatic hydroxyl groups is 1. The molecule has 1 unspecified atom stereocenters. The Bertz CT molecular complexity index is 1580. The first kappa shape index (κ1) is 27.1. The molecule has 9 nitrogen and oxygen atoms in total. The van der Waals surface area contributed by atoms with Gasteiger partial charge in [-0.2, -0.15) is 0 Å². The van der Waals surface area contributed by atoms with Crippen LogP contribution in [0.2, 0.25) is 0 Å². The summed E-state index contributed by atoms with van der Waals surface area (Å²) in [5, 5.41) is 11.7. The largest absolute Gasteiger partial charge is 0.507 e. The van der Waals surface area contributed by atoms with Crippen LogP contribution in [0.5, 0.6) is 17.2 Å². The van der Waals surface area contributed by atoms with E-state index in [0.29, 0.717) is 52.2 Å². The molecule has 0 saturated carbocycles. The molecule has 10 heteroatoms. The van der Waals surface area contributed by atoms with Crippen molar-refractivity contribution in [2.45, 2.75) is 32.7 Å². The lowest BCUT2D eigenvalue weighted by Crippen LogP contribution is -2.29. The van der Waals surface area contributed by atoms with Crippen molar-refractivity contribution < 1.29 is 28.9 Å². The smallest absolute Gasteiger partial charge is 0.301 e. The molecule has 0 bridgehead atoms. The molecule has 1 saturated heterocycles. The molecule has 2 aromatic carbocycles. The maximum absolute atomic E-state index is 13.6. The zero-order valence-corrected chi connectivity index (χ0v) is 23.2. The number of hydrogen-bond donors (Lipinski definition) is 1. The molecule has 1 aliphatic rings. The van der Waals surface area contributed by atoms with Gasteiger partial charge in [0.25, 0.3) is 5.78 Å². The van der Waals surface area contributed by atoms with E-state index >= 15 is 0 Å². The van der Waals surface area contributed by atoms with Crippen LogP contribution < -0.4 is 19.1 Å². The summed E-state index contributed by atoms with van der Waals surface area (Å²) in [6.45, 7) is 5.02. The highest BCUT2D eigenvalue weighted by atomic mass is 32.1. The fourth-order valence-electron chi connectivity index (χ4n) is 4.56. The summed E-state index contributed by atoms with van der Waals surface area (Å²) in [7, 11) is 1.53. The molecule has 2 aromatic heterocycles. The van der Waals surface area contributed by atoms with E-state index in [-0.39, 0.29) is 11.3 Å². The van der Waals surface area contributed by atoms with Crippen LogP contribution in [0.3, 0.4) is 0 Å². The van der Waals surface area contributed by atoms with Crippen molar-refractivity contribution in [3.8, 4) is 17.2 Å². The third kappa shape index (κ3) is 5.10. The van der Waals surface area contributed by atoms with E-state index in [0.717, 1.165) is 17.5 Å². The zero-order valence-electron chi connectivity index (χ0n) is 22.4. The summed E-state index contributed by atoms with van der Waals surface area (Å²) in [6, 6.07) is 12.9. The second-order valence-electron chi connectivity index (χ2n) is 9.08. The lowest BCUT2D eigenvalue weighted by atomic mass is 9.95. The fraction of sp³-hybridized carbons (Fsp3) is 0.267. The molecule has 4 aromatic rings. The minimum Gasteiger partial charge on any atom is -0.507 e. The van der Waals surface area contributed by atoms with Gasteiger partial charge in [-0.25, -0.2) is 4.98 Å². The highest BCUT2D eigenvalue weighted by molar-refractivity contribution is 7.22. The Balaban J connectivity index is 1.66. The van der Waals surface area contributed by atoms with Gasteiger partial charge in [-0.3, -0.25) is 19.5 Å². The van der Waals surface area contributed by atoms with Crippen LogP contribution >= 0.6 is 11.3 Å². The Morgan fingerprint density at radius 1 is 1.02 bits per heavy atom. The standard InChI is InChI=1S/C30H29N3O6S/c1-4-6-15-39-22-10-7-19(16-23(22)37-3)26-25(27(34)18-11-13-31-14-12-18)28(35)29(36)33(26)30-32-21-9-8-20(38-5-2)17-24(21)40-30/h7-14,16-17,26,34H,4-6,15H2,1-3H3/b27-25+. The molecule has 40 heavy (non-hydrogen) atoms. The van der Waals surface area contributed by atoms with E-state index in [1.807, 2.05) is 25.1 Å². The van der Waals surface area contributed by atoms with Crippen molar-refractivity contribution >= 4 is 44.1 Å². The highest BCUT2D eigenvalue weighted by Crippen LogP contribution is 2.46. The number of amides is 1. The first-order valence-electron chi connectivity index (χ1n) is 13.0. The van der Waals surface area contributed by atoms with E-state index in [2.05, 4.69) is 16.9 Å². The van der Waals surface area contributed by atoms with Crippen LogP contribution in [-0.4, -0.2) is 47.1 Å². The van der Waals surface area contributed by atoms with Crippen LogP contribution in [0.15, 0.2) is 66.5 Å². The number of ketones is 1. The number of carbonyl (C=O) groups excluding carboxylic acids is 2. The average molecular weight is 560 g/mol. The SMILES string of the molecule is CCCCOc1ccc(C2/C(=C(\O)c3ccncc3)C(=O)C(=O)N2c2nc3ccc(OCC)cc3s2)cc1OC.